The summed E-state index contributed by atoms with van der Waals surface area (Å²) in [7, 11) is 1.80. The van der Waals surface area contributed by atoms with E-state index in [0.29, 0.717) is 10.9 Å². The molecule has 0 radical (unpaired) electrons. The summed E-state index contributed by atoms with van der Waals surface area (Å²) in [6, 6.07) is 4.35. The third-order valence-electron chi connectivity index (χ3n) is 2.52. The number of halogens is 2. The van der Waals surface area contributed by atoms with Gasteiger partial charge in [-0.25, -0.2) is 9.37 Å². The Kier molecular flexibility index (Phi) is 3.54. The number of benzene rings is 1. The molecule has 1 aromatic carbocycles. The number of hydrogen-bond donors (Lipinski definition) is 1. The Bertz CT molecular complexity index is 506. The topological polar surface area (TPSA) is 56.7 Å². The van der Waals surface area contributed by atoms with Crippen LogP contribution in [0.1, 0.15) is 17.4 Å². The Hall–Kier alpha value is -1.27. The minimum Gasteiger partial charge on any atom is -0.324 e. The zero-order chi connectivity index (χ0) is 12.4. The second-order valence-electron chi connectivity index (χ2n) is 3.81. The predicted octanol–water partition coefficient (Wildman–Crippen LogP) is 1.96. The maximum Gasteiger partial charge on any atom is 0.138 e. The van der Waals surface area contributed by atoms with Gasteiger partial charge in [0, 0.05) is 24.0 Å². The molecule has 0 spiro atoms. The Labute approximate surface area is 107 Å². The molecule has 4 nitrogen and oxygen atoms in total. The lowest BCUT2D eigenvalue weighted by molar-refractivity contribution is 0.605. The van der Waals surface area contributed by atoms with Gasteiger partial charge < -0.3 is 5.73 Å². The smallest absolute Gasteiger partial charge is 0.138 e. The monoisotopic (exact) mass is 298 g/mol. The fraction of sp³-hybridized carbons (Fsp3) is 0.273. The zero-order valence-corrected chi connectivity index (χ0v) is 10.9. The second kappa shape index (κ2) is 4.93. The lowest BCUT2D eigenvalue weighted by Gasteiger charge is -2.12. The minimum absolute atomic E-state index is 0.301. The van der Waals surface area contributed by atoms with Crippen molar-refractivity contribution >= 4 is 15.9 Å². The van der Waals surface area contributed by atoms with Crippen LogP contribution in [-0.2, 0) is 13.5 Å². The number of hydrogen-bond acceptors (Lipinski definition) is 3. The number of nitrogens with two attached hydrogens (primary N) is 1. The Morgan fingerprint density at radius 3 is 2.82 bits per heavy atom. The lowest BCUT2D eigenvalue weighted by Crippen LogP contribution is -2.16. The highest BCUT2D eigenvalue weighted by Crippen LogP contribution is 2.21. The summed E-state index contributed by atoms with van der Waals surface area (Å²) >= 11 is 3.24. The predicted molar refractivity (Wildman–Crippen MR) is 65.7 cm³/mol. The molecule has 0 saturated carbocycles. The van der Waals surface area contributed by atoms with Gasteiger partial charge in [-0.3, -0.25) is 4.68 Å². The highest BCUT2D eigenvalue weighted by atomic mass is 79.9. The number of nitrogens with zero attached hydrogens (tertiary/aromatic N) is 3. The zero-order valence-electron chi connectivity index (χ0n) is 9.27. The number of rotatable bonds is 3. The summed E-state index contributed by atoms with van der Waals surface area (Å²) in [6.07, 6.45) is 2.00. The summed E-state index contributed by atoms with van der Waals surface area (Å²) in [4.78, 5) is 4.09. The summed E-state index contributed by atoms with van der Waals surface area (Å²) in [6.45, 7) is 0. The van der Waals surface area contributed by atoms with E-state index < -0.39 is 0 Å². The van der Waals surface area contributed by atoms with Gasteiger partial charge in [0.15, 0.2) is 0 Å². The molecule has 1 aromatic heterocycles. The van der Waals surface area contributed by atoms with Crippen LogP contribution in [0.4, 0.5) is 4.39 Å². The fourth-order valence-electron chi connectivity index (χ4n) is 1.61. The van der Waals surface area contributed by atoms with E-state index in [0.717, 1.165) is 11.4 Å². The second-order valence-corrected chi connectivity index (χ2v) is 4.73. The van der Waals surface area contributed by atoms with E-state index in [4.69, 9.17) is 5.73 Å². The molecule has 0 aliphatic heterocycles. The number of aromatic nitrogens is 3. The molecule has 1 unspecified atom stereocenters. The van der Waals surface area contributed by atoms with Crippen molar-refractivity contribution in [2.75, 3.05) is 0 Å². The van der Waals surface area contributed by atoms with Crippen LogP contribution in [0.25, 0.3) is 0 Å². The van der Waals surface area contributed by atoms with E-state index >= 15 is 0 Å². The third kappa shape index (κ3) is 2.89. The van der Waals surface area contributed by atoms with Gasteiger partial charge in [0.1, 0.15) is 18.0 Å². The van der Waals surface area contributed by atoms with Gasteiger partial charge in [0.05, 0.1) is 0 Å². The van der Waals surface area contributed by atoms with Gasteiger partial charge in [-0.05, 0) is 23.8 Å². The van der Waals surface area contributed by atoms with Crippen molar-refractivity contribution in [2.45, 2.75) is 12.5 Å². The molecule has 6 heteroatoms. The highest BCUT2D eigenvalue weighted by molar-refractivity contribution is 9.10. The molecule has 2 aromatic rings. The van der Waals surface area contributed by atoms with Crippen molar-refractivity contribution in [3.8, 4) is 0 Å². The lowest BCUT2D eigenvalue weighted by atomic mass is 10.0. The standard InChI is InChI=1S/C11H12BrFN4/c1-17-11(15-6-16-17)5-10(14)7-2-8(12)4-9(13)3-7/h2-4,6,10H,5,14H2,1H3. The Morgan fingerprint density at radius 1 is 1.47 bits per heavy atom. The van der Waals surface area contributed by atoms with Gasteiger partial charge >= 0.3 is 0 Å². The van der Waals surface area contributed by atoms with E-state index in [-0.39, 0.29) is 11.9 Å². The molecule has 0 aliphatic carbocycles. The molecule has 0 fully saturated rings. The van der Waals surface area contributed by atoms with Crippen LogP contribution >= 0.6 is 15.9 Å². The number of aryl methyl sites for hydroxylation is 1. The normalized spacial score (nSPS) is 12.7. The van der Waals surface area contributed by atoms with E-state index in [1.54, 1.807) is 11.7 Å². The molecule has 17 heavy (non-hydrogen) atoms. The molecule has 2 N–H and O–H groups in total. The molecule has 0 saturated heterocycles. The first-order valence-corrected chi connectivity index (χ1v) is 5.90. The van der Waals surface area contributed by atoms with Crippen LogP contribution in [0.2, 0.25) is 0 Å². The van der Waals surface area contributed by atoms with Crippen LogP contribution in [0.15, 0.2) is 29.0 Å². The first-order chi connectivity index (χ1) is 8.06. The Balaban J connectivity index is 2.20. The summed E-state index contributed by atoms with van der Waals surface area (Å²) in [5.74, 6) is 0.473. The van der Waals surface area contributed by atoms with E-state index in [1.165, 1.54) is 18.5 Å². The first-order valence-electron chi connectivity index (χ1n) is 5.10. The van der Waals surface area contributed by atoms with Crippen LogP contribution in [0.3, 0.4) is 0 Å². The largest absolute Gasteiger partial charge is 0.324 e. The minimum atomic E-state index is -0.303. The maximum absolute atomic E-state index is 13.2. The van der Waals surface area contributed by atoms with Crippen LogP contribution in [0.5, 0.6) is 0 Å². The van der Waals surface area contributed by atoms with Gasteiger partial charge in [-0.15, -0.1) is 0 Å². The van der Waals surface area contributed by atoms with Crippen molar-refractivity contribution in [3.05, 3.63) is 46.2 Å². The molecule has 2 rings (SSSR count). The van der Waals surface area contributed by atoms with Crippen molar-refractivity contribution in [2.24, 2.45) is 12.8 Å². The highest BCUT2D eigenvalue weighted by Gasteiger charge is 2.12. The van der Waals surface area contributed by atoms with Crippen molar-refractivity contribution in [3.63, 3.8) is 0 Å². The quantitative estimate of drug-likeness (QED) is 0.942. The molecule has 0 aliphatic rings. The summed E-state index contributed by atoms with van der Waals surface area (Å²) < 4.78 is 15.6. The van der Waals surface area contributed by atoms with Crippen LogP contribution in [-0.4, -0.2) is 14.8 Å². The average Bonchev–Trinajstić information content (AvgIpc) is 2.63. The van der Waals surface area contributed by atoms with Crippen molar-refractivity contribution in [1.82, 2.24) is 14.8 Å². The molecule has 1 atom stereocenters. The average molecular weight is 299 g/mol. The van der Waals surface area contributed by atoms with Crippen LogP contribution in [0, 0.1) is 5.82 Å². The van der Waals surface area contributed by atoms with Crippen LogP contribution < -0.4 is 5.73 Å². The molecule has 90 valence electrons. The molecular formula is C11H12BrFN4. The molecule has 0 amide bonds. The van der Waals surface area contributed by atoms with Crippen molar-refractivity contribution < 1.29 is 4.39 Å². The van der Waals surface area contributed by atoms with Gasteiger partial charge in [-0.2, -0.15) is 5.10 Å². The molecule has 1 heterocycles. The SMILES string of the molecule is Cn1ncnc1CC(N)c1cc(F)cc(Br)c1. The summed E-state index contributed by atoms with van der Waals surface area (Å²) in [5, 5.41) is 3.97. The molecular weight excluding hydrogens is 287 g/mol. The third-order valence-corrected chi connectivity index (χ3v) is 2.98. The van der Waals surface area contributed by atoms with Gasteiger partial charge in [0.25, 0.3) is 0 Å². The van der Waals surface area contributed by atoms with Gasteiger partial charge in [0.2, 0.25) is 0 Å². The Morgan fingerprint density at radius 2 is 2.24 bits per heavy atom. The maximum atomic E-state index is 13.2. The fourth-order valence-corrected chi connectivity index (χ4v) is 2.09. The van der Waals surface area contributed by atoms with E-state index in [1.807, 2.05) is 6.07 Å². The van der Waals surface area contributed by atoms with E-state index in [9.17, 15) is 4.39 Å². The summed E-state index contributed by atoms with van der Waals surface area (Å²) in [5.41, 5.74) is 6.76. The van der Waals surface area contributed by atoms with E-state index in [2.05, 4.69) is 26.0 Å². The van der Waals surface area contributed by atoms with Crippen molar-refractivity contribution in [1.29, 1.82) is 0 Å². The molecule has 0 bridgehead atoms. The first kappa shape index (κ1) is 12.2. The van der Waals surface area contributed by atoms with Gasteiger partial charge in [-0.1, -0.05) is 15.9 Å².